The standard InChI is InChI=1S/C2H4Cl2.Ba.O5P2/c3-1-2-4;;1-6(2)5-7(3)4/h1-2H2;;/q;+2;. The van der Waals surface area contributed by atoms with Crippen LogP contribution in [0.4, 0.5) is 0 Å². The Balaban J connectivity index is -0.000000142. The molecule has 0 heterocycles. The molecular weight excluding hydrogens is 374 g/mol. The average molecular weight is 378 g/mol. The van der Waals surface area contributed by atoms with E-state index in [0.29, 0.717) is 11.8 Å². The SMILES string of the molecule is ClCCCl.O=[P+]([O-])O[P+](=O)[O-].[Ba+2]. The molecule has 0 saturated carbocycles. The van der Waals surface area contributed by atoms with Crippen molar-refractivity contribution in [2.24, 2.45) is 0 Å². The van der Waals surface area contributed by atoms with Crippen molar-refractivity contribution in [2.75, 3.05) is 11.8 Å². The minimum atomic E-state index is -3.24. The number of halogens is 2. The average Bonchev–Trinajstić information content (AvgIpc) is 1.85. The fourth-order valence-electron chi connectivity index (χ4n) is 0.0544. The van der Waals surface area contributed by atoms with Crippen molar-refractivity contribution in [2.45, 2.75) is 0 Å². The maximum Gasteiger partial charge on any atom is 2.00 e. The summed E-state index contributed by atoms with van der Waals surface area (Å²) >= 11 is 10.1. The Morgan fingerprint density at radius 3 is 1.33 bits per heavy atom. The van der Waals surface area contributed by atoms with E-state index in [1.54, 1.807) is 0 Å². The molecule has 10 heteroatoms. The van der Waals surface area contributed by atoms with Crippen molar-refractivity contribution in [3.05, 3.63) is 0 Å². The normalized spacial score (nSPS) is 10.3. The predicted molar refractivity (Wildman–Crippen MR) is 43.5 cm³/mol. The maximum atomic E-state index is 9.24. The molecule has 0 radical (unpaired) electrons. The largest absolute Gasteiger partial charge is 2.00 e. The molecular formula is C2H4BaCl2O5P2+2. The van der Waals surface area contributed by atoms with Crippen LogP contribution in [0.1, 0.15) is 0 Å². The molecule has 2 unspecified atom stereocenters. The molecule has 0 aliphatic heterocycles. The predicted octanol–water partition coefficient (Wildman–Crippen LogP) is 0.122. The van der Waals surface area contributed by atoms with Crippen LogP contribution in [0.25, 0.3) is 0 Å². The summed E-state index contributed by atoms with van der Waals surface area (Å²) in [5.41, 5.74) is 0. The van der Waals surface area contributed by atoms with Crippen LogP contribution in [0.15, 0.2) is 0 Å². The summed E-state index contributed by atoms with van der Waals surface area (Å²) in [6, 6.07) is 0. The van der Waals surface area contributed by atoms with Crippen LogP contribution in [-0.2, 0) is 13.4 Å². The first kappa shape index (κ1) is 19.8. The molecule has 2 atom stereocenters. The van der Waals surface area contributed by atoms with Crippen LogP contribution in [0.5, 0.6) is 0 Å². The van der Waals surface area contributed by atoms with Crippen LogP contribution in [0, 0.1) is 0 Å². The van der Waals surface area contributed by atoms with Gasteiger partial charge in [0.05, 0.1) is 0 Å². The van der Waals surface area contributed by atoms with E-state index in [4.69, 9.17) is 23.2 Å². The molecule has 0 aromatic heterocycles. The van der Waals surface area contributed by atoms with Gasteiger partial charge in [-0.15, -0.1) is 23.2 Å². The Morgan fingerprint density at radius 1 is 1.08 bits per heavy atom. The number of hydrogen-bond donors (Lipinski definition) is 0. The first-order valence-corrected chi connectivity index (χ1v) is 5.39. The van der Waals surface area contributed by atoms with Crippen molar-refractivity contribution < 1.29 is 23.2 Å². The van der Waals surface area contributed by atoms with Crippen LogP contribution in [0.2, 0.25) is 0 Å². The molecule has 66 valence electrons. The molecule has 0 N–H and O–H groups in total. The quantitative estimate of drug-likeness (QED) is 0.396. The van der Waals surface area contributed by atoms with Gasteiger partial charge >= 0.3 is 65.4 Å². The summed E-state index contributed by atoms with van der Waals surface area (Å²) < 4.78 is 21.6. The van der Waals surface area contributed by atoms with Crippen LogP contribution in [-0.4, -0.2) is 60.6 Å². The molecule has 0 rings (SSSR count). The molecule has 0 amide bonds. The van der Waals surface area contributed by atoms with E-state index in [1.807, 2.05) is 0 Å². The van der Waals surface area contributed by atoms with Gasteiger partial charge in [-0.1, -0.05) is 0 Å². The van der Waals surface area contributed by atoms with Gasteiger partial charge in [0.25, 0.3) is 0 Å². The first-order valence-electron chi connectivity index (χ1n) is 2.13. The van der Waals surface area contributed by atoms with Crippen LogP contribution < -0.4 is 9.79 Å². The van der Waals surface area contributed by atoms with Crippen molar-refractivity contribution in [1.82, 2.24) is 0 Å². The fourth-order valence-corrected chi connectivity index (χ4v) is 0.490. The minimum Gasteiger partial charge on any atom is -0.563 e. The van der Waals surface area contributed by atoms with E-state index in [2.05, 4.69) is 4.31 Å². The molecule has 0 aliphatic rings. The summed E-state index contributed by atoms with van der Waals surface area (Å²) in [5, 5.41) is 0. The second-order valence-electron chi connectivity index (χ2n) is 0.907. The van der Waals surface area contributed by atoms with Gasteiger partial charge in [-0.2, -0.15) is 0 Å². The summed E-state index contributed by atoms with van der Waals surface area (Å²) in [4.78, 5) is 18.5. The minimum absolute atomic E-state index is 0. The first-order chi connectivity index (χ1) is 5.04. The van der Waals surface area contributed by atoms with E-state index in [0.717, 1.165) is 0 Å². The zero-order valence-corrected chi connectivity index (χ0v) is 13.6. The van der Waals surface area contributed by atoms with E-state index in [-0.39, 0.29) is 48.9 Å². The van der Waals surface area contributed by atoms with E-state index in [1.165, 1.54) is 0 Å². The second-order valence-corrected chi connectivity index (χ2v) is 3.21. The Kier molecular flexibility index (Phi) is 25.8. The monoisotopic (exact) mass is 378 g/mol. The van der Waals surface area contributed by atoms with E-state index >= 15 is 0 Å². The Labute approximate surface area is 122 Å². The molecule has 0 fully saturated rings. The number of hydrogen-bond acceptors (Lipinski definition) is 5. The molecule has 5 nitrogen and oxygen atoms in total. The number of rotatable bonds is 3. The third kappa shape index (κ3) is 29.5. The Hall–Kier alpha value is 2.23. The Morgan fingerprint density at radius 2 is 1.33 bits per heavy atom. The Bertz CT molecular complexity index is 121. The van der Waals surface area contributed by atoms with Gasteiger partial charge in [-0.05, 0) is 9.13 Å². The van der Waals surface area contributed by atoms with E-state index in [9.17, 15) is 18.9 Å². The molecule has 0 aromatic carbocycles. The molecule has 12 heavy (non-hydrogen) atoms. The third-order valence-corrected chi connectivity index (χ3v) is 1.84. The van der Waals surface area contributed by atoms with E-state index < -0.39 is 16.5 Å². The van der Waals surface area contributed by atoms with Crippen LogP contribution >= 0.6 is 39.7 Å². The van der Waals surface area contributed by atoms with Gasteiger partial charge in [-0.3, -0.25) is 0 Å². The third-order valence-electron chi connectivity index (χ3n) is 0.205. The second kappa shape index (κ2) is 15.7. The molecule has 0 aliphatic carbocycles. The van der Waals surface area contributed by atoms with Crippen molar-refractivity contribution in [3.63, 3.8) is 0 Å². The van der Waals surface area contributed by atoms with Gasteiger partial charge in [0, 0.05) is 11.8 Å². The van der Waals surface area contributed by atoms with Crippen molar-refractivity contribution in [1.29, 1.82) is 0 Å². The fraction of sp³-hybridized carbons (Fsp3) is 1.00. The van der Waals surface area contributed by atoms with Gasteiger partial charge < -0.3 is 9.79 Å². The van der Waals surface area contributed by atoms with Crippen molar-refractivity contribution >= 4 is 88.6 Å². The van der Waals surface area contributed by atoms with Gasteiger partial charge in [-0.25, -0.2) is 0 Å². The smallest absolute Gasteiger partial charge is 0.563 e. The van der Waals surface area contributed by atoms with Crippen molar-refractivity contribution in [3.8, 4) is 0 Å². The molecule has 0 saturated heterocycles. The summed E-state index contributed by atoms with van der Waals surface area (Å²) in [6.07, 6.45) is 0. The summed E-state index contributed by atoms with van der Waals surface area (Å²) in [7, 11) is -6.47. The summed E-state index contributed by atoms with van der Waals surface area (Å²) in [5.74, 6) is 1.11. The van der Waals surface area contributed by atoms with Crippen LogP contribution in [0.3, 0.4) is 0 Å². The zero-order valence-electron chi connectivity index (χ0n) is 5.81. The van der Waals surface area contributed by atoms with Gasteiger partial charge in [0.15, 0.2) is 0 Å². The molecule has 0 bridgehead atoms. The maximum absolute atomic E-state index is 9.24. The number of alkyl halides is 2. The van der Waals surface area contributed by atoms with Gasteiger partial charge in [0.2, 0.25) is 0 Å². The molecule has 0 aromatic rings. The summed E-state index contributed by atoms with van der Waals surface area (Å²) in [6.45, 7) is 0. The molecule has 0 spiro atoms. The van der Waals surface area contributed by atoms with Gasteiger partial charge in [0.1, 0.15) is 4.31 Å². The topological polar surface area (TPSA) is 89.5 Å². The zero-order chi connectivity index (χ0) is 9.28.